The fraction of sp³-hybridized carbons (Fsp3) is 0.842. The SMILES string of the molecule is CC[C@H](C)[C@@H]1NC(=O)[C@@H](NC[C@@H](N)CS)[C@@H](C)CCOC(=O)[C@H](CCS)NC1=O. The number of thiol groups is 2. The summed E-state index contributed by atoms with van der Waals surface area (Å²) in [6, 6.07) is -2.29. The molecule has 1 rings (SSSR count). The number of carbonyl (C=O) groups is 3. The van der Waals surface area contributed by atoms with Crippen LogP contribution in [0, 0.1) is 11.8 Å². The second-order valence-corrected chi connectivity index (χ2v) is 8.52. The highest BCUT2D eigenvalue weighted by molar-refractivity contribution is 7.80. The van der Waals surface area contributed by atoms with E-state index < -0.39 is 30.0 Å². The van der Waals surface area contributed by atoms with Crippen molar-refractivity contribution >= 4 is 43.0 Å². The third kappa shape index (κ3) is 8.35. The van der Waals surface area contributed by atoms with Gasteiger partial charge in [-0.3, -0.25) is 9.59 Å². The van der Waals surface area contributed by atoms with Gasteiger partial charge in [0.05, 0.1) is 12.6 Å². The van der Waals surface area contributed by atoms with E-state index in [1.165, 1.54) is 0 Å². The van der Waals surface area contributed by atoms with Crippen LogP contribution in [0.3, 0.4) is 0 Å². The molecule has 0 aromatic rings. The Morgan fingerprint density at radius 3 is 2.52 bits per heavy atom. The lowest BCUT2D eigenvalue weighted by Crippen LogP contribution is -2.59. The van der Waals surface area contributed by atoms with Crippen LogP contribution in [0.25, 0.3) is 0 Å². The van der Waals surface area contributed by atoms with Gasteiger partial charge in [0.1, 0.15) is 12.1 Å². The van der Waals surface area contributed by atoms with Crippen LogP contribution in [0.2, 0.25) is 0 Å². The lowest BCUT2D eigenvalue weighted by molar-refractivity contribution is -0.149. The van der Waals surface area contributed by atoms with Crippen molar-refractivity contribution in [2.45, 2.75) is 64.2 Å². The molecule has 168 valence electrons. The van der Waals surface area contributed by atoms with Gasteiger partial charge in [0.25, 0.3) is 0 Å². The van der Waals surface area contributed by atoms with Gasteiger partial charge in [-0.05, 0) is 30.4 Å². The first-order valence-corrected chi connectivity index (χ1v) is 11.5. The molecule has 0 aliphatic carbocycles. The van der Waals surface area contributed by atoms with Gasteiger partial charge < -0.3 is 26.4 Å². The number of cyclic esters (lactones) is 1. The number of nitrogens with one attached hydrogen (secondary N) is 3. The van der Waals surface area contributed by atoms with Crippen molar-refractivity contribution in [3.8, 4) is 0 Å². The molecule has 6 atom stereocenters. The normalized spacial score (nSPS) is 29.0. The lowest BCUT2D eigenvalue weighted by atomic mass is 9.94. The highest BCUT2D eigenvalue weighted by atomic mass is 32.1. The van der Waals surface area contributed by atoms with Gasteiger partial charge in [0.2, 0.25) is 11.8 Å². The molecule has 1 aliphatic rings. The summed E-state index contributed by atoms with van der Waals surface area (Å²) < 4.78 is 5.37. The summed E-state index contributed by atoms with van der Waals surface area (Å²) in [6.45, 7) is 6.33. The fourth-order valence-electron chi connectivity index (χ4n) is 3.09. The second-order valence-electron chi connectivity index (χ2n) is 7.71. The highest BCUT2D eigenvalue weighted by Crippen LogP contribution is 2.15. The van der Waals surface area contributed by atoms with Gasteiger partial charge in [0.15, 0.2) is 0 Å². The largest absolute Gasteiger partial charge is 0.464 e. The van der Waals surface area contributed by atoms with E-state index in [1.807, 2.05) is 20.8 Å². The third-order valence-electron chi connectivity index (χ3n) is 5.32. The Labute approximate surface area is 184 Å². The molecule has 8 nitrogen and oxygen atoms in total. The van der Waals surface area contributed by atoms with Crippen LogP contribution in [0.4, 0.5) is 0 Å². The predicted molar refractivity (Wildman–Crippen MR) is 120 cm³/mol. The minimum atomic E-state index is -0.777. The molecule has 10 heteroatoms. The van der Waals surface area contributed by atoms with Crippen LogP contribution in [-0.4, -0.2) is 66.6 Å². The molecule has 29 heavy (non-hydrogen) atoms. The summed E-state index contributed by atoms with van der Waals surface area (Å²) in [6.07, 6.45) is 1.55. The smallest absolute Gasteiger partial charge is 0.328 e. The monoisotopic (exact) mass is 448 g/mol. The van der Waals surface area contributed by atoms with Crippen molar-refractivity contribution in [1.82, 2.24) is 16.0 Å². The standard InChI is InChI=1S/C19H36N4O4S2/c1-4-11(2)16-18(25)22-14(6-8-28)19(26)27-7-5-12(3)15(17(24)23-16)21-9-13(20)10-29/h11-16,21,28-29H,4-10,20H2,1-3H3,(H,22,25)(H,23,24)/t11-,12-,13+,14-,15-,16-/m0/s1. The molecule has 0 radical (unpaired) electrons. The molecular weight excluding hydrogens is 412 g/mol. The summed E-state index contributed by atoms with van der Waals surface area (Å²) in [5.41, 5.74) is 5.92. The van der Waals surface area contributed by atoms with Crippen LogP contribution < -0.4 is 21.7 Å². The molecule has 0 spiro atoms. The van der Waals surface area contributed by atoms with Gasteiger partial charge in [0, 0.05) is 18.3 Å². The molecule has 0 saturated carbocycles. The van der Waals surface area contributed by atoms with E-state index in [1.54, 1.807) is 0 Å². The Hall–Kier alpha value is -0.970. The summed E-state index contributed by atoms with van der Waals surface area (Å²) in [5.74, 6) is -0.455. The third-order valence-corrected chi connectivity index (χ3v) is 6.04. The molecule has 1 heterocycles. The number of ether oxygens (including phenoxy) is 1. The zero-order chi connectivity index (χ0) is 22.0. The van der Waals surface area contributed by atoms with Crippen molar-refractivity contribution < 1.29 is 19.1 Å². The molecule has 5 N–H and O–H groups in total. The molecule has 2 amide bonds. The number of esters is 1. The van der Waals surface area contributed by atoms with E-state index in [0.29, 0.717) is 37.3 Å². The molecular formula is C19H36N4O4S2. The number of hydrogen-bond donors (Lipinski definition) is 6. The zero-order valence-electron chi connectivity index (χ0n) is 17.5. The first-order valence-electron chi connectivity index (χ1n) is 10.2. The summed E-state index contributed by atoms with van der Waals surface area (Å²) in [7, 11) is 0. The number of carbonyl (C=O) groups excluding carboxylic acids is 3. The summed E-state index contributed by atoms with van der Waals surface area (Å²) >= 11 is 8.34. The number of rotatable bonds is 8. The minimum absolute atomic E-state index is 0.106. The van der Waals surface area contributed by atoms with Gasteiger partial charge >= 0.3 is 5.97 Å². The Balaban J connectivity index is 3.10. The summed E-state index contributed by atoms with van der Waals surface area (Å²) in [4.78, 5) is 38.4. The quantitative estimate of drug-likeness (QED) is 0.232. The average molecular weight is 449 g/mol. The van der Waals surface area contributed by atoms with E-state index >= 15 is 0 Å². The van der Waals surface area contributed by atoms with E-state index in [2.05, 4.69) is 41.2 Å². The number of nitrogens with two attached hydrogens (primary N) is 1. The van der Waals surface area contributed by atoms with Crippen LogP contribution in [0.15, 0.2) is 0 Å². The summed E-state index contributed by atoms with van der Waals surface area (Å²) in [5, 5.41) is 8.81. The lowest BCUT2D eigenvalue weighted by Gasteiger charge is -2.31. The molecule has 0 aromatic heterocycles. The average Bonchev–Trinajstić information content (AvgIpc) is 2.69. The van der Waals surface area contributed by atoms with E-state index in [9.17, 15) is 14.4 Å². The molecule has 0 unspecified atom stereocenters. The Morgan fingerprint density at radius 1 is 1.24 bits per heavy atom. The zero-order valence-corrected chi connectivity index (χ0v) is 19.3. The van der Waals surface area contributed by atoms with Crippen LogP contribution in [0.1, 0.15) is 40.0 Å². The van der Waals surface area contributed by atoms with E-state index in [0.717, 1.165) is 0 Å². The predicted octanol–water partition coefficient (Wildman–Crippen LogP) is 0.120. The number of amides is 2. The maximum atomic E-state index is 13.1. The highest BCUT2D eigenvalue weighted by Gasteiger charge is 2.34. The minimum Gasteiger partial charge on any atom is -0.464 e. The maximum absolute atomic E-state index is 13.1. The second kappa shape index (κ2) is 13.4. The molecule has 1 fully saturated rings. The van der Waals surface area contributed by atoms with Gasteiger partial charge in [-0.2, -0.15) is 25.3 Å². The molecule has 0 bridgehead atoms. The van der Waals surface area contributed by atoms with Crippen molar-refractivity contribution in [2.24, 2.45) is 17.6 Å². The van der Waals surface area contributed by atoms with Crippen molar-refractivity contribution in [3.05, 3.63) is 0 Å². The van der Waals surface area contributed by atoms with Gasteiger partial charge in [-0.25, -0.2) is 4.79 Å². The van der Waals surface area contributed by atoms with Crippen molar-refractivity contribution in [3.63, 3.8) is 0 Å². The van der Waals surface area contributed by atoms with E-state index in [-0.39, 0.29) is 30.4 Å². The van der Waals surface area contributed by atoms with Crippen molar-refractivity contribution in [1.29, 1.82) is 0 Å². The number of hydrogen-bond acceptors (Lipinski definition) is 8. The molecule has 1 saturated heterocycles. The molecule has 1 aliphatic heterocycles. The van der Waals surface area contributed by atoms with Crippen LogP contribution in [0.5, 0.6) is 0 Å². The topological polar surface area (TPSA) is 123 Å². The maximum Gasteiger partial charge on any atom is 0.328 e. The van der Waals surface area contributed by atoms with Gasteiger partial charge in [-0.15, -0.1) is 0 Å². The van der Waals surface area contributed by atoms with Crippen molar-refractivity contribution in [2.75, 3.05) is 24.7 Å². The van der Waals surface area contributed by atoms with E-state index in [4.69, 9.17) is 10.5 Å². The van der Waals surface area contributed by atoms with Crippen LogP contribution in [-0.2, 0) is 19.1 Å². The van der Waals surface area contributed by atoms with Crippen LogP contribution >= 0.6 is 25.3 Å². The van der Waals surface area contributed by atoms with Gasteiger partial charge in [-0.1, -0.05) is 27.2 Å². The molecule has 0 aromatic carbocycles. The Kier molecular flexibility index (Phi) is 12.0. The first-order chi connectivity index (χ1) is 13.7. The fourth-order valence-corrected chi connectivity index (χ4v) is 3.48. The Bertz CT molecular complexity index is 552. The Morgan fingerprint density at radius 2 is 1.93 bits per heavy atom. The first kappa shape index (κ1) is 26.1.